The first-order valence-corrected chi connectivity index (χ1v) is 4.99. The van der Waals surface area contributed by atoms with Gasteiger partial charge >= 0.3 is 0 Å². The van der Waals surface area contributed by atoms with Crippen molar-refractivity contribution in [1.82, 2.24) is 10.2 Å². The van der Waals surface area contributed by atoms with Gasteiger partial charge < -0.3 is 10.4 Å². The number of nitrogens with one attached hydrogen (secondary N) is 1. The minimum Gasteiger partial charge on any atom is -0.392 e. The van der Waals surface area contributed by atoms with Gasteiger partial charge in [-0.15, -0.1) is 12.4 Å². The van der Waals surface area contributed by atoms with E-state index in [1.165, 1.54) is 12.8 Å². The van der Waals surface area contributed by atoms with Crippen molar-refractivity contribution in [3.05, 3.63) is 0 Å². The molecule has 0 aromatic carbocycles. The normalized spacial score (nSPS) is 31.6. The highest BCUT2D eigenvalue weighted by molar-refractivity contribution is 5.85. The second-order valence-electron chi connectivity index (χ2n) is 3.92. The highest BCUT2D eigenvalue weighted by Crippen LogP contribution is 2.18. The first kappa shape index (κ1) is 11.2. The molecule has 0 aromatic heterocycles. The van der Waals surface area contributed by atoms with Crippen LogP contribution in [0.5, 0.6) is 0 Å². The summed E-state index contributed by atoms with van der Waals surface area (Å²) in [7, 11) is 0. The number of nitrogens with zero attached hydrogens (tertiary/aromatic N) is 1. The van der Waals surface area contributed by atoms with E-state index in [-0.39, 0.29) is 18.5 Å². The second-order valence-corrected chi connectivity index (χ2v) is 3.92. The zero-order valence-corrected chi connectivity index (χ0v) is 8.72. The Kier molecular flexibility index (Phi) is 4.46. The second kappa shape index (κ2) is 5.15. The Morgan fingerprint density at radius 3 is 2.38 bits per heavy atom. The highest BCUT2D eigenvalue weighted by Gasteiger charge is 2.27. The molecule has 1 unspecified atom stereocenters. The summed E-state index contributed by atoms with van der Waals surface area (Å²) in [5, 5.41) is 12.7. The summed E-state index contributed by atoms with van der Waals surface area (Å²) in [6, 6.07) is 0.739. The van der Waals surface area contributed by atoms with E-state index in [2.05, 4.69) is 10.2 Å². The van der Waals surface area contributed by atoms with E-state index >= 15 is 0 Å². The van der Waals surface area contributed by atoms with Crippen LogP contribution in [0, 0.1) is 0 Å². The number of aliphatic hydroxyl groups is 1. The highest BCUT2D eigenvalue weighted by atomic mass is 35.5. The van der Waals surface area contributed by atoms with Crippen LogP contribution in [0.2, 0.25) is 0 Å². The van der Waals surface area contributed by atoms with Gasteiger partial charge in [-0.25, -0.2) is 0 Å². The molecule has 2 N–H and O–H groups in total. The third-order valence-electron chi connectivity index (χ3n) is 3.02. The molecule has 0 aliphatic carbocycles. The van der Waals surface area contributed by atoms with Crippen molar-refractivity contribution in [3.8, 4) is 0 Å². The molecule has 2 aliphatic rings. The maximum absolute atomic E-state index is 9.37. The van der Waals surface area contributed by atoms with E-state index in [0.29, 0.717) is 0 Å². The molecule has 2 fully saturated rings. The standard InChI is InChI=1S/C9H18N2O.ClH/c12-9-3-6-11(7-9)8-1-4-10-5-2-8;/h8-10,12H,1-7H2;1H. The van der Waals surface area contributed by atoms with Crippen LogP contribution in [0.25, 0.3) is 0 Å². The molecule has 2 rings (SSSR count). The van der Waals surface area contributed by atoms with Gasteiger partial charge in [0.15, 0.2) is 0 Å². The fourth-order valence-corrected chi connectivity index (χ4v) is 2.27. The van der Waals surface area contributed by atoms with Crippen molar-refractivity contribution >= 4 is 12.4 Å². The van der Waals surface area contributed by atoms with Gasteiger partial charge in [-0.2, -0.15) is 0 Å². The lowest BCUT2D eigenvalue weighted by Crippen LogP contribution is -2.42. The van der Waals surface area contributed by atoms with E-state index in [1.807, 2.05) is 0 Å². The van der Waals surface area contributed by atoms with Crippen LogP contribution in [-0.2, 0) is 0 Å². The van der Waals surface area contributed by atoms with Crippen molar-refractivity contribution in [2.24, 2.45) is 0 Å². The molecule has 0 saturated carbocycles. The first-order chi connectivity index (χ1) is 5.86. The van der Waals surface area contributed by atoms with E-state index in [9.17, 15) is 5.11 Å². The average molecular weight is 207 g/mol. The smallest absolute Gasteiger partial charge is 0.0679 e. The average Bonchev–Trinajstić information content (AvgIpc) is 2.54. The predicted octanol–water partition coefficient (Wildman–Crippen LogP) is 0.227. The minimum atomic E-state index is -0.0557. The summed E-state index contributed by atoms with van der Waals surface area (Å²) >= 11 is 0. The van der Waals surface area contributed by atoms with Crippen molar-refractivity contribution in [1.29, 1.82) is 0 Å². The quantitative estimate of drug-likeness (QED) is 0.645. The summed E-state index contributed by atoms with van der Waals surface area (Å²) in [4.78, 5) is 2.45. The molecule has 4 heteroatoms. The lowest BCUT2D eigenvalue weighted by molar-refractivity contribution is 0.145. The molecular weight excluding hydrogens is 188 g/mol. The van der Waals surface area contributed by atoms with Crippen LogP contribution in [0.15, 0.2) is 0 Å². The Labute approximate surface area is 85.9 Å². The molecule has 78 valence electrons. The summed E-state index contributed by atoms with van der Waals surface area (Å²) in [5.41, 5.74) is 0. The van der Waals surface area contributed by atoms with Crippen LogP contribution in [0.3, 0.4) is 0 Å². The number of hydrogen-bond acceptors (Lipinski definition) is 3. The molecule has 0 aromatic rings. The molecule has 0 radical (unpaired) electrons. The summed E-state index contributed by atoms with van der Waals surface area (Å²) in [6.45, 7) is 4.31. The van der Waals surface area contributed by atoms with Gasteiger partial charge in [0.05, 0.1) is 6.10 Å². The Bertz CT molecular complexity index is 148. The number of hydrogen-bond donors (Lipinski definition) is 2. The monoisotopic (exact) mass is 206 g/mol. The van der Waals surface area contributed by atoms with Crippen LogP contribution in [0.1, 0.15) is 19.3 Å². The van der Waals surface area contributed by atoms with E-state index in [1.54, 1.807) is 0 Å². The largest absolute Gasteiger partial charge is 0.392 e. The Morgan fingerprint density at radius 2 is 1.85 bits per heavy atom. The lowest BCUT2D eigenvalue weighted by Gasteiger charge is -2.31. The number of aliphatic hydroxyl groups excluding tert-OH is 1. The maximum Gasteiger partial charge on any atom is 0.0679 e. The Morgan fingerprint density at radius 1 is 1.15 bits per heavy atom. The van der Waals surface area contributed by atoms with Gasteiger partial charge in [-0.1, -0.05) is 0 Å². The zero-order chi connectivity index (χ0) is 8.39. The topological polar surface area (TPSA) is 35.5 Å². The van der Waals surface area contributed by atoms with Crippen molar-refractivity contribution in [2.45, 2.75) is 31.4 Å². The molecule has 0 spiro atoms. The fraction of sp³-hybridized carbons (Fsp3) is 1.00. The number of piperidine rings is 1. The van der Waals surface area contributed by atoms with Crippen molar-refractivity contribution in [2.75, 3.05) is 26.2 Å². The van der Waals surface area contributed by atoms with Crippen LogP contribution in [0.4, 0.5) is 0 Å². The summed E-state index contributed by atoms with van der Waals surface area (Å²) in [5.74, 6) is 0. The van der Waals surface area contributed by atoms with Gasteiger partial charge in [-0.3, -0.25) is 4.90 Å². The number of β-amino-alcohol motifs (C(OH)–C–C–N with tert-alkyl or cyclic N) is 1. The molecule has 2 saturated heterocycles. The van der Waals surface area contributed by atoms with E-state index in [0.717, 1.165) is 38.6 Å². The van der Waals surface area contributed by atoms with Gasteiger partial charge in [-0.05, 0) is 32.4 Å². The SMILES string of the molecule is Cl.OC1CCN(C2CCNCC2)C1. The van der Waals surface area contributed by atoms with Crippen LogP contribution >= 0.6 is 12.4 Å². The van der Waals surface area contributed by atoms with E-state index in [4.69, 9.17) is 0 Å². The number of rotatable bonds is 1. The molecule has 1 atom stereocenters. The van der Waals surface area contributed by atoms with Crippen LogP contribution < -0.4 is 5.32 Å². The lowest BCUT2D eigenvalue weighted by atomic mass is 10.1. The minimum absolute atomic E-state index is 0. The molecule has 3 nitrogen and oxygen atoms in total. The number of likely N-dealkylation sites (tertiary alicyclic amines) is 1. The van der Waals surface area contributed by atoms with Gasteiger partial charge in [0.1, 0.15) is 0 Å². The number of halogens is 1. The first-order valence-electron chi connectivity index (χ1n) is 4.99. The Hall–Kier alpha value is 0.170. The molecule has 2 heterocycles. The summed E-state index contributed by atoms with van der Waals surface area (Å²) < 4.78 is 0. The molecule has 13 heavy (non-hydrogen) atoms. The maximum atomic E-state index is 9.37. The van der Waals surface area contributed by atoms with Gasteiger partial charge in [0.25, 0.3) is 0 Å². The van der Waals surface area contributed by atoms with E-state index < -0.39 is 0 Å². The molecular formula is C9H19ClN2O. The Balaban J connectivity index is 0.000000845. The van der Waals surface area contributed by atoms with Gasteiger partial charge in [0, 0.05) is 19.1 Å². The molecule has 2 aliphatic heterocycles. The fourth-order valence-electron chi connectivity index (χ4n) is 2.27. The van der Waals surface area contributed by atoms with Crippen molar-refractivity contribution in [3.63, 3.8) is 0 Å². The molecule has 0 amide bonds. The molecule has 0 bridgehead atoms. The van der Waals surface area contributed by atoms with Crippen molar-refractivity contribution < 1.29 is 5.11 Å². The zero-order valence-electron chi connectivity index (χ0n) is 7.91. The third kappa shape index (κ3) is 2.81. The third-order valence-corrected chi connectivity index (χ3v) is 3.02. The van der Waals surface area contributed by atoms with Crippen LogP contribution in [-0.4, -0.2) is 48.3 Å². The summed E-state index contributed by atoms with van der Waals surface area (Å²) in [6.07, 6.45) is 3.43. The predicted molar refractivity (Wildman–Crippen MR) is 55.3 cm³/mol. The van der Waals surface area contributed by atoms with Gasteiger partial charge in [0.2, 0.25) is 0 Å².